The Morgan fingerprint density at radius 3 is 2.45 bits per heavy atom. The predicted octanol–water partition coefficient (Wildman–Crippen LogP) is 3.62. The maximum absolute atomic E-state index is 13.0. The third-order valence-electron chi connectivity index (χ3n) is 5.40. The van der Waals surface area contributed by atoms with Crippen LogP contribution in [0.2, 0.25) is 0 Å². The highest BCUT2D eigenvalue weighted by Crippen LogP contribution is 2.40. The third kappa shape index (κ3) is 4.16. The number of hydrogen-bond acceptors (Lipinski definition) is 7. The third-order valence-corrected chi connectivity index (χ3v) is 5.40. The molecular formula is C24H19N3O6. The molecule has 2 heterocycles. The number of likely N-dealkylation sites (tertiary alicyclic amines) is 1. The van der Waals surface area contributed by atoms with E-state index in [0.29, 0.717) is 11.3 Å². The molecule has 33 heavy (non-hydrogen) atoms. The average Bonchev–Trinajstić information content (AvgIpc) is 3.09. The Balaban J connectivity index is 1.81. The molecule has 2 aromatic carbocycles. The molecule has 1 N–H and O–H groups in total. The van der Waals surface area contributed by atoms with Crippen LogP contribution in [0.25, 0.3) is 5.76 Å². The van der Waals surface area contributed by atoms with Crippen molar-refractivity contribution in [2.24, 2.45) is 0 Å². The fourth-order valence-electron chi connectivity index (χ4n) is 3.80. The van der Waals surface area contributed by atoms with E-state index in [-0.39, 0.29) is 23.4 Å². The number of Topliss-reactive ketones (excluding diaryl/α,β-unsaturated/α-hetero) is 1. The molecule has 1 fully saturated rings. The Labute approximate surface area is 188 Å². The van der Waals surface area contributed by atoms with Gasteiger partial charge in [0.1, 0.15) is 11.5 Å². The summed E-state index contributed by atoms with van der Waals surface area (Å²) in [6.07, 6.45) is 3.07. The Bertz CT molecular complexity index is 1250. The first-order valence-corrected chi connectivity index (χ1v) is 9.97. The summed E-state index contributed by atoms with van der Waals surface area (Å²) in [7, 11) is 1.53. The molecule has 0 saturated carbocycles. The van der Waals surface area contributed by atoms with E-state index in [4.69, 9.17) is 4.74 Å². The molecule has 4 rings (SSSR count). The Hall–Kier alpha value is -4.53. The van der Waals surface area contributed by atoms with E-state index in [9.17, 15) is 24.8 Å². The molecular weight excluding hydrogens is 426 g/mol. The summed E-state index contributed by atoms with van der Waals surface area (Å²) in [5.41, 5.74) is 1.28. The quantitative estimate of drug-likeness (QED) is 0.202. The van der Waals surface area contributed by atoms with Gasteiger partial charge in [0.2, 0.25) is 0 Å². The van der Waals surface area contributed by atoms with Gasteiger partial charge in [-0.15, -0.1) is 0 Å². The largest absolute Gasteiger partial charge is 0.507 e. The fraction of sp³-hybridized carbons (Fsp3) is 0.125. The molecule has 1 aliphatic rings. The number of benzene rings is 2. The van der Waals surface area contributed by atoms with Gasteiger partial charge in [-0.05, 0) is 47.5 Å². The highest BCUT2D eigenvalue weighted by atomic mass is 16.6. The first kappa shape index (κ1) is 21.7. The molecule has 1 saturated heterocycles. The fourth-order valence-corrected chi connectivity index (χ4v) is 3.80. The Kier molecular flexibility index (Phi) is 5.86. The molecule has 166 valence electrons. The molecule has 1 aliphatic heterocycles. The van der Waals surface area contributed by atoms with Crippen LogP contribution in [-0.4, -0.2) is 38.7 Å². The topological polar surface area (TPSA) is 123 Å². The highest BCUT2D eigenvalue weighted by Gasteiger charge is 2.46. The summed E-state index contributed by atoms with van der Waals surface area (Å²) in [5.74, 6) is -1.40. The number of nitrogens with zero attached hydrogens (tertiary/aromatic N) is 3. The number of carbonyl (C=O) groups is 2. The van der Waals surface area contributed by atoms with Crippen molar-refractivity contribution in [1.82, 2.24) is 9.88 Å². The molecule has 0 spiro atoms. The van der Waals surface area contributed by atoms with Gasteiger partial charge in [0.05, 0.1) is 23.6 Å². The van der Waals surface area contributed by atoms with E-state index >= 15 is 0 Å². The van der Waals surface area contributed by atoms with Crippen LogP contribution in [0.3, 0.4) is 0 Å². The van der Waals surface area contributed by atoms with Gasteiger partial charge < -0.3 is 14.7 Å². The van der Waals surface area contributed by atoms with Crippen molar-refractivity contribution in [2.75, 3.05) is 7.11 Å². The summed E-state index contributed by atoms with van der Waals surface area (Å²) < 4.78 is 5.25. The molecule has 0 radical (unpaired) electrons. The second kappa shape index (κ2) is 8.91. The monoisotopic (exact) mass is 445 g/mol. The van der Waals surface area contributed by atoms with E-state index in [1.54, 1.807) is 30.3 Å². The molecule has 0 aliphatic carbocycles. The minimum absolute atomic E-state index is 0.0945. The number of aromatic nitrogens is 1. The molecule has 3 aromatic rings. The second-order valence-corrected chi connectivity index (χ2v) is 7.36. The molecule has 1 amide bonds. The van der Waals surface area contributed by atoms with Crippen LogP contribution in [0.4, 0.5) is 5.69 Å². The van der Waals surface area contributed by atoms with Crippen molar-refractivity contribution in [3.63, 3.8) is 0 Å². The minimum atomic E-state index is -0.866. The van der Waals surface area contributed by atoms with Crippen molar-refractivity contribution in [3.8, 4) is 5.75 Å². The van der Waals surface area contributed by atoms with Gasteiger partial charge in [-0.3, -0.25) is 24.7 Å². The summed E-state index contributed by atoms with van der Waals surface area (Å²) in [6.45, 7) is 0.103. The zero-order valence-electron chi connectivity index (χ0n) is 17.5. The first-order chi connectivity index (χ1) is 15.9. The molecule has 1 aromatic heterocycles. The van der Waals surface area contributed by atoms with E-state index in [1.165, 1.54) is 48.7 Å². The number of carbonyl (C=O) groups excluding carboxylic acids is 2. The van der Waals surface area contributed by atoms with Gasteiger partial charge in [-0.25, -0.2) is 0 Å². The summed E-state index contributed by atoms with van der Waals surface area (Å²) in [6, 6.07) is 14.7. The number of aliphatic hydroxyl groups excluding tert-OH is 1. The number of non-ortho nitro benzene ring substituents is 1. The molecule has 1 unspecified atom stereocenters. The van der Waals surface area contributed by atoms with Crippen LogP contribution in [-0.2, 0) is 16.1 Å². The van der Waals surface area contributed by atoms with E-state index in [0.717, 1.165) is 5.56 Å². The van der Waals surface area contributed by atoms with Crippen molar-refractivity contribution in [2.45, 2.75) is 12.6 Å². The lowest BCUT2D eigenvalue weighted by molar-refractivity contribution is -0.384. The number of amides is 1. The number of methoxy groups -OCH3 is 1. The lowest BCUT2D eigenvalue weighted by Crippen LogP contribution is -2.29. The predicted molar refractivity (Wildman–Crippen MR) is 118 cm³/mol. The number of aliphatic hydroxyl groups is 1. The van der Waals surface area contributed by atoms with Crippen molar-refractivity contribution >= 4 is 23.1 Å². The van der Waals surface area contributed by atoms with E-state index in [2.05, 4.69) is 4.98 Å². The van der Waals surface area contributed by atoms with Crippen LogP contribution >= 0.6 is 0 Å². The highest BCUT2D eigenvalue weighted by molar-refractivity contribution is 6.46. The Morgan fingerprint density at radius 2 is 1.82 bits per heavy atom. The molecule has 9 heteroatoms. The van der Waals surface area contributed by atoms with Gasteiger partial charge in [0.25, 0.3) is 17.4 Å². The van der Waals surface area contributed by atoms with Gasteiger partial charge in [0.15, 0.2) is 0 Å². The van der Waals surface area contributed by atoms with Crippen LogP contribution in [0, 0.1) is 10.1 Å². The molecule has 9 nitrogen and oxygen atoms in total. The Morgan fingerprint density at radius 1 is 1.12 bits per heavy atom. The van der Waals surface area contributed by atoms with Gasteiger partial charge in [0, 0.05) is 36.6 Å². The summed E-state index contributed by atoms with van der Waals surface area (Å²) >= 11 is 0. The lowest BCUT2D eigenvalue weighted by atomic mass is 9.95. The number of nitro benzene ring substituents is 1. The van der Waals surface area contributed by atoms with E-state index < -0.39 is 28.4 Å². The van der Waals surface area contributed by atoms with Crippen molar-refractivity contribution < 1.29 is 24.4 Å². The van der Waals surface area contributed by atoms with Crippen LogP contribution in [0.5, 0.6) is 5.75 Å². The minimum Gasteiger partial charge on any atom is -0.507 e. The van der Waals surface area contributed by atoms with Crippen LogP contribution < -0.4 is 4.74 Å². The molecule has 1 atom stereocenters. The van der Waals surface area contributed by atoms with Crippen molar-refractivity contribution in [3.05, 3.63) is 105 Å². The number of ketones is 1. The zero-order chi connectivity index (χ0) is 23.5. The second-order valence-electron chi connectivity index (χ2n) is 7.36. The van der Waals surface area contributed by atoms with Crippen molar-refractivity contribution in [1.29, 1.82) is 0 Å². The van der Waals surface area contributed by atoms with Gasteiger partial charge >= 0.3 is 0 Å². The number of nitro groups is 1. The summed E-state index contributed by atoms with van der Waals surface area (Å²) in [4.78, 5) is 41.8. The van der Waals surface area contributed by atoms with Gasteiger partial charge in [-0.2, -0.15) is 0 Å². The van der Waals surface area contributed by atoms with Gasteiger partial charge in [-0.1, -0.05) is 12.1 Å². The maximum Gasteiger partial charge on any atom is 0.295 e. The normalized spacial score (nSPS) is 17.2. The zero-order valence-corrected chi connectivity index (χ0v) is 17.5. The van der Waals surface area contributed by atoms with Crippen LogP contribution in [0.15, 0.2) is 78.6 Å². The summed E-state index contributed by atoms with van der Waals surface area (Å²) in [5, 5.41) is 22.0. The number of rotatable bonds is 6. The lowest BCUT2D eigenvalue weighted by Gasteiger charge is -2.25. The average molecular weight is 445 g/mol. The number of ether oxygens (including phenoxy) is 1. The maximum atomic E-state index is 13.0. The number of pyridine rings is 1. The van der Waals surface area contributed by atoms with E-state index in [1.807, 2.05) is 6.07 Å². The SMILES string of the molecule is COc1cccc(CN2C(=O)C(=O)/C(=C(\O)c3ccc([N+](=O)[O-])cc3)C2c2ccncc2)c1. The smallest absolute Gasteiger partial charge is 0.295 e. The standard InChI is InChI=1S/C24H19N3O6/c1-33-19-4-2-3-15(13-19)14-26-21(16-9-11-25-12-10-16)20(23(29)24(26)30)22(28)17-5-7-18(8-6-17)27(31)32/h2-13,21,28H,14H2,1H3/b22-20-. The van der Waals surface area contributed by atoms with Crippen LogP contribution in [0.1, 0.15) is 22.7 Å². The number of hydrogen-bond donors (Lipinski definition) is 1. The molecule has 0 bridgehead atoms. The first-order valence-electron chi connectivity index (χ1n) is 9.97.